The van der Waals surface area contributed by atoms with Gasteiger partial charge in [-0.15, -0.1) is 11.8 Å². The zero-order valence-corrected chi connectivity index (χ0v) is 38.2. The molecule has 8 atom stereocenters. The van der Waals surface area contributed by atoms with Gasteiger partial charge in [-0.2, -0.15) is 0 Å². The van der Waals surface area contributed by atoms with Crippen molar-refractivity contribution in [1.29, 1.82) is 0 Å². The summed E-state index contributed by atoms with van der Waals surface area (Å²) in [6, 6.07) is 2.62. The van der Waals surface area contributed by atoms with E-state index in [1.807, 2.05) is 46.8 Å². The third-order valence-corrected chi connectivity index (χ3v) is 14.0. The summed E-state index contributed by atoms with van der Waals surface area (Å²) in [5.74, 6) is -1.40. The van der Waals surface area contributed by atoms with Gasteiger partial charge in [0.2, 0.25) is 17.7 Å². The molecule has 4 amide bonds. The third kappa shape index (κ3) is 12.0. The lowest BCUT2D eigenvalue weighted by molar-refractivity contribution is -0.163. The maximum atomic E-state index is 14.3. The van der Waals surface area contributed by atoms with E-state index < -0.39 is 52.3 Å². The zero-order chi connectivity index (χ0) is 44.7. The van der Waals surface area contributed by atoms with E-state index in [1.165, 1.54) is 42.8 Å². The molecule has 1 saturated carbocycles. The summed E-state index contributed by atoms with van der Waals surface area (Å²) < 4.78 is 22.9. The summed E-state index contributed by atoms with van der Waals surface area (Å²) in [5.41, 5.74) is 5.09. The Labute approximate surface area is 363 Å². The van der Waals surface area contributed by atoms with E-state index >= 15 is 0 Å². The van der Waals surface area contributed by atoms with Crippen molar-refractivity contribution in [1.82, 2.24) is 15.5 Å². The second-order valence-electron chi connectivity index (χ2n) is 17.2. The summed E-state index contributed by atoms with van der Waals surface area (Å²) in [6.45, 7) is 12.0. The molecule has 1 aromatic rings. The van der Waals surface area contributed by atoms with Gasteiger partial charge in [-0.3, -0.25) is 19.7 Å². The average Bonchev–Trinajstić information content (AvgIpc) is 3.90. The highest BCUT2D eigenvalue weighted by atomic mass is 35.5. The number of anilines is 1. The van der Waals surface area contributed by atoms with Gasteiger partial charge in [0.15, 0.2) is 5.72 Å². The van der Waals surface area contributed by atoms with Crippen molar-refractivity contribution < 1.29 is 48.0 Å². The first kappa shape index (κ1) is 48.8. The molecule has 0 spiro atoms. The van der Waals surface area contributed by atoms with Gasteiger partial charge in [-0.25, -0.2) is 9.59 Å². The Morgan fingerprint density at radius 2 is 1.93 bits per heavy atom. The van der Waals surface area contributed by atoms with Crippen LogP contribution in [0.5, 0.6) is 5.75 Å². The van der Waals surface area contributed by atoms with Crippen LogP contribution in [0.15, 0.2) is 35.9 Å². The standard InChI is InChI=1S/C43H64ClN5O10S/c1-25-12-11-13-33(57-10)43(55)23-32(58-40(54)47-43)26(2)29-22-42(29,6)34(21-37(52)49(8)30-19-28(18-25)20-31(56-9)38(30)44)59-39(53)27(3)48(7)36(51)14-15-41(4,5)60-24-35(50)46-17-16-45/h11-13,19-20,26-27,29,32-34,55H,14-18,21-24,45H2,1-10H3,(H,46,50)(H,47,54)/b13-11+,25-12+/t26-,27-,29-,32-,33+,34-,42-,43-/m0/s1. The number of hydrogen-bond donors (Lipinski definition) is 4. The molecule has 5 N–H and O–H groups in total. The molecule has 0 radical (unpaired) electrons. The Hall–Kier alpha value is -3.83. The number of rotatable bonds is 13. The first-order valence-corrected chi connectivity index (χ1v) is 21.7. The van der Waals surface area contributed by atoms with E-state index in [4.69, 9.17) is 36.3 Å². The van der Waals surface area contributed by atoms with Crippen molar-refractivity contribution in [2.75, 3.05) is 52.1 Å². The first-order valence-electron chi connectivity index (χ1n) is 20.4. The number of nitrogens with one attached hydrogen (secondary N) is 2. The van der Waals surface area contributed by atoms with Crippen LogP contribution in [-0.4, -0.2) is 122 Å². The molecule has 1 aliphatic carbocycles. The van der Waals surface area contributed by atoms with Crippen LogP contribution in [0.4, 0.5) is 10.5 Å². The zero-order valence-electron chi connectivity index (χ0n) is 36.6. The number of benzene rings is 1. The molecule has 0 aromatic heterocycles. The van der Waals surface area contributed by atoms with E-state index in [-0.39, 0.29) is 59.6 Å². The van der Waals surface area contributed by atoms with Crippen molar-refractivity contribution in [3.05, 3.63) is 46.5 Å². The molecule has 2 fully saturated rings. The second kappa shape index (κ2) is 20.4. The number of aliphatic hydroxyl groups is 1. The number of likely N-dealkylation sites (N-methyl/N-ethyl adjacent to an activating group) is 1. The van der Waals surface area contributed by atoms with Crippen molar-refractivity contribution in [2.24, 2.45) is 23.0 Å². The van der Waals surface area contributed by atoms with Crippen molar-refractivity contribution in [3.63, 3.8) is 0 Å². The summed E-state index contributed by atoms with van der Waals surface area (Å²) in [4.78, 5) is 69.7. The molecule has 3 aliphatic rings. The Kier molecular flexibility index (Phi) is 16.6. The highest BCUT2D eigenvalue weighted by molar-refractivity contribution is 8.01. The number of halogens is 1. The molecular formula is C43H64ClN5O10S. The fraction of sp³-hybridized carbons (Fsp3) is 0.651. The van der Waals surface area contributed by atoms with Gasteiger partial charge >= 0.3 is 12.1 Å². The van der Waals surface area contributed by atoms with Gasteiger partial charge in [0, 0.05) is 57.3 Å². The molecular weight excluding hydrogens is 814 g/mol. The quantitative estimate of drug-likeness (QED) is 0.199. The van der Waals surface area contributed by atoms with Crippen molar-refractivity contribution >= 4 is 58.8 Å². The number of esters is 1. The molecule has 2 aliphatic heterocycles. The summed E-state index contributed by atoms with van der Waals surface area (Å²) in [6.07, 6.45) is 3.25. The molecule has 60 heavy (non-hydrogen) atoms. The van der Waals surface area contributed by atoms with Crippen LogP contribution < -0.4 is 26.0 Å². The molecule has 4 rings (SSSR count). The van der Waals surface area contributed by atoms with E-state index in [0.29, 0.717) is 43.8 Å². The van der Waals surface area contributed by atoms with Crippen LogP contribution in [0, 0.1) is 17.3 Å². The highest BCUT2D eigenvalue weighted by Gasteiger charge is 2.62. The maximum Gasteiger partial charge on any atom is 0.409 e. The third-order valence-electron chi connectivity index (χ3n) is 12.2. The number of nitrogens with zero attached hydrogens (tertiary/aromatic N) is 2. The predicted octanol–water partition coefficient (Wildman–Crippen LogP) is 4.75. The SMILES string of the molecule is COc1cc2cc(c1Cl)N(C)C(=O)C[C@H](OC(=O)[C@H](C)N(C)C(=O)CCC(C)(C)SCC(=O)NCCN)[C@@]1(C)C[C@H]1[C@H](C)[C@@H]1C[C@@](O)(NC(=O)O1)[C@H](OC)/C=C/C=C(\C)C2. The fourth-order valence-corrected chi connectivity index (χ4v) is 9.14. The van der Waals surface area contributed by atoms with Gasteiger partial charge in [-0.1, -0.05) is 63.1 Å². The Balaban J connectivity index is 1.63. The number of nitrogens with two attached hydrogens (primary N) is 1. The molecule has 0 unspecified atom stereocenters. The Morgan fingerprint density at radius 3 is 2.58 bits per heavy atom. The number of amides is 4. The van der Waals surface area contributed by atoms with Crippen LogP contribution in [-0.2, 0) is 39.8 Å². The summed E-state index contributed by atoms with van der Waals surface area (Å²) >= 11 is 8.25. The Morgan fingerprint density at radius 1 is 1.23 bits per heavy atom. The van der Waals surface area contributed by atoms with Gasteiger partial charge in [0.05, 0.1) is 25.0 Å². The van der Waals surface area contributed by atoms with Gasteiger partial charge in [0.1, 0.15) is 35.1 Å². The molecule has 15 nitrogen and oxygen atoms in total. The van der Waals surface area contributed by atoms with Crippen molar-refractivity contribution in [2.45, 2.75) is 115 Å². The van der Waals surface area contributed by atoms with E-state index in [0.717, 1.165) is 11.1 Å². The summed E-state index contributed by atoms with van der Waals surface area (Å²) in [5, 5.41) is 17.4. The normalized spacial score (nSPS) is 29.1. The lowest BCUT2D eigenvalue weighted by Crippen LogP contribution is -2.63. The number of alkyl carbamates (subject to hydrolysis) is 1. The number of ether oxygens (including phenoxy) is 4. The van der Waals surface area contributed by atoms with Crippen LogP contribution >= 0.6 is 23.4 Å². The number of methoxy groups -OCH3 is 2. The molecule has 334 valence electrons. The topological polar surface area (TPSA) is 199 Å². The molecule has 1 saturated heterocycles. The monoisotopic (exact) mass is 877 g/mol. The number of hydrogen-bond acceptors (Lipinski definition) is 12. The van der Waals surface area contributed by atoms with Crippen LogP contribution in [0.3, 0.4) is 0 Å². The van der Waals surface area contributed by atoms with E-state index in [1.54, 1.807) is 32.2 Å². The van der Waals surface area contributed by atoms with E-state index in [9.17, 15) is 29.1 Å². The molecule has 17 heteroatoms. The van der Waals surface area contributed by atoms with Gasteiger partial charge in [-0.05, 0) is 62.6 Å². The van der Waals surface area contributed by atoms with Crippen LogP contribution in [0.2, 0.25) is 5.02 Å². The van der Waals surface area contributed by atoms with Gasteiger partial charge < -0.3 is 44.9 Å². The average molecular weight is 879 g/mol. The summed E-state index contributed by atoms with van der Waals surface area (Å²) in [7, 11) is 6.09. The number of fused-ring (bicyclic) bond motifs is 5. The first-order chi connectivity index (χ1) is 28.1. The number of thioether (sulfide) groups is 1. The second-order valence-corrected chi connectivity index (χ2v) is 19.2. The number of carbonyl (C=O) groups excluding carboxylic acids is 5. The minimum absolute atomic E-state index is 0.00894. The minimum atomic E-state index is -1.79. The molecule has 2 heterocycles. The molecule has 1 aromatic carbocycles. The smallest absolute Gasteiger partial charge is 0.409 e. The van der Waals surface area contributed by atoms with E-state index in [2.05, 4.69) is 10.6 Å². The predicted molar refractivity (Wildman–Crippen MR) is 232 cm³/mol. The number of carbonyl (C=O) groups is 5. The van der Waals surface area contributed by atoms with Crippen LogP contribution in [0.1, 0.15) is 79.2 Å². The maximum absolute atomic E-state index is 14.3. The van der Waals surface area contributed by atoms with Crippen LogP contribution in [0.25, 0.3) is 0 Å². The van der Waals surface area contributed by atoms with Gasteiger partial charge in [0.25, 0.3) is 0 Å². The number of allylic oxidation sites excluding steroid dienone is 3. The van der Waals surface area contributed by atoms with Crippen molar-refractivity contribution in [3.8, 4) is 5.75 Å². The Bertz CT molecular complexity index is 1830. The largest absolute Gasteiger partial charge is 0.495 e. The lowest BCUT2D eigenvalue weighted by atomic mass is 9.83. The minimum Gasteiger partial charge on any atom is -0.495 e. The fourth-order valence-electron chi connectivity index (χ4n) is 7.95. The molecule has 4 bridgehead atoms. The lowest BCUT2D eigenvalue weighted by Gasteiger charge is -2.42. The highest BCUT2D eigenvalue weighted by Crippen LogP contribution is 2.61.